The minimum absolute atomic E-state index is 0.669. The van der Waals surface area contributed by atoms with Gasteiger partial charge in [0.1, 0.15) is 0 Å². The molecule has 0 aliphatic heterocycles. The van der Waals surface area contributed by atoms with Crippen molar-refractivity contribution < 1.29 is 0 Å². The van der Waals surface area contributed by atoms with E-state index in [1.807, 2.05) is 0 Å². The molecule has 0 N–H and O–H groups in total. The molecule has 4 saturated carbocycles. The Morgan fingerprint density at radius 3 is 2.41 bits per heavy atom. The first-order valence-corrected chi connectivity index (χ1v) is 12.7. The summed E-state index contributed by atoms with van der Waals surface area (Å²) in [7, 11) is 0. The quantitative estimate of drug-likeness (QED) is 0.456. The summed E-state index contributed by atoms with van der Waals surface area (Å²) < 4.78 is 0. The zero-order valence-electron chi connectivity index (χ0n) is 19.1. The molecule has 0 saturated heterocycles. The van der Waals surface area contributed by atoms with Crippen molar-refractivity contribution in [1.29, 1.82) is 0 Å². The van der Waals surface area contributed by atoms with Gasteiger partial charge < -0.3 is 0 Å². The highest BCUT2D eigenvalue weighted by atomic mass is 14.6. The Bertz CT molecular complexity index is 506. The second-order valence-corrected chi connectivity index (χ2v) is 12.3. The van der Waals surface area contributed by atoms with Crippen LogP contribution >= 0.6 is 0 Å². The fraction of sp³-hybridized carbons (Fsp3) is 0.963. The van der Waals surface area contributed by atoms with Gasteiger partial charge in [-0.05, 0) is 116 Å². The Balaban J connectivity index is 1.46. The van der Waals surface area contributed by atoms with Crippen molar-refractivity contribution in [3.63, 3.8) is 0 Å². The van der Waals surface area contributed by atoms with Gasteiger partial charge in [-0.3, -0.25) is 0 Å². The maximum absolute atomic E-state index is 2.74. The van der Waals surface area contributed by atoms with Crippen molar-refractivity contribution in [3.05, 3.63) is 6.42 Å². The van der Waals surface area contributed by atoms with Gasteiger partial charge in [-0.25, -0.2) is 0 Å². The molecule has 4 aliphatic carbocycles. The molecule has 0 nitrogen and oxygen atoms in total. The van der Waals surface area contributed by atoms with Gasteiger partial charge in [0.2, 0.25) is 0 Å². The van der Waals surface area contributed by atoms with Crippen LogP contribution in [-0.4, -0.2) is 0 Å². The Morgan fingerprint density at radius 2 is 1.63 bits per heavy atom. The van der Waals surface area contributed by atoms with Crippen LogP contribution in [0.1, 0.15) is 112 Å². The predicted octanol–water partition coefficient (Wildman–Crippen LogP) is 8.31. The third kappa shape index (κ3) is 3.44. The van der Waals surface area contributed by atoms with Gasteiger partial charge in [-0.2, -0.15) is 0 Å². The monoisotopic (exact) mass is 371 g/mol. The van der Waals surface area contributed by atoms with Crippen molar-refractivity contribution in [3.8, 4) is 0 Å². The Kier molecular flexibility index (Phi) is 5.77. The molecule has 0 heterocycles. The molecule has 0 aromatic rings. The van der Waals surface area contributed by atoms with E-state index in [0.29, 0.717) is 10.8 Å². The van der Waals surface area contributed by atoms with Crippen molar-refractivity contribution >= 4 is 0 Å². The van der Waals surface area contributed by atoms with Gasteiger partial charge in [0.05, 0.1) is 0 Å². The van der Waals surface area contributed by atoms with Crippen molar-refractivity contribution in [2.24, 2.45) is 52.3 Å². The standard InChI is InChI=1S/C27H47/c1-19(2)9-8-10-20(3)23-14-15-24-22-13-12-21-11-6-7-17-26(21,4)25(22)16-18-27(23,24)5/h6,19-25H,7-18H2,1-5H3/t20-,21-,22?,23-,24?,25?,26+,27-/m1/s1. The summed E-state index contributed by atoms with van der Waals surface area (Å²) in [5, 5.41) is 0. The van der Waals surface area contributed by atoms with E-state index in [0.717, 1.165) is 41.4 Å². The van der Waals surface area contributed by atoms with Crippen LogP contribution in [0.2, 0.25) is 0 Å². The Hall–Kier alpha value is 0. The van der Waals surface area contributed by atoms with Crippen LogP contribution in [-0.2, 0) is 0 Å². The molecule has 0 amide bonds. The van der Waals surface area contributed by atoms with Crippen molar-refractivity contribution in [1.82, 2.24) is 0 Å². The van der Waals surface area contributed by atoms with E-state index >= 15 is 0 Å². The molecule has 0 spiro atoms. The lowest BCUT2D eigenvalue weighted by Crippen LogP contribution is -2.53. The first kappa shape index (κ1) is 20.3. The number of rotatable bonds is 5. The highest BCUT2D eigenvalue weighted by molar-refractivity contribution is 5.10. The summed E-state index contributed by atoms with van der Waals surface area (Å²) in [5.41, 5.74) is 1.35. The molecule has 27 heavy (non-hydrogen) atoms. The minimum atomic E-state index is 0.669. The van der Waals surface area contributed by atoms with E-state index in [1.165, 1.54) is 44.9 Å². The fourth-order valence-electron chi connectivity index (χ4n) is 9.07. The third-order valence-electron chi connectivity index (χ3n) is 10.6. The smallest absolute Gasteiger partial charge is 0.0264 e. The van der Waals surface area contributed by atoms with E-state index in [9.17, 15) is 0 Å². The molecule has 0 heteroatoms. The molecular weight excluding hydrogens is 324 g/mol. The molecule has 4 aliphatic rings. The van der Waals surface area contributed by atoms with Crippen LogP contribution < -0.4 is 0 Å². The Labute approximate surface area is 170 Å². The molecular formula is C27H47. The lowest BCUT2D eigenvalue weighted by molar-refractivity contribution is -0.109. The van der Waals surface area contributed by atoms with Gasteiger partial charge in [-0.1, -0.05) is 53.9 Å². The normalized spacial score (nSPS) is 48.0. The summed E-state index contributed by atoms with van der Waals surface area (Å²) in [4.78, 5) is 0. The summed E-state index contributed by atoms with van der Waals surface area (Å²) in [5.74, 6) is 7.03. The maximum Gasteiger partial charge on any atom is -0.0264 e. The van der Waals surface area contributed by atoms with Gasteiger partial charge in [0.25, 0.3) is 0 Å². The average molecular weight is 372 g/mol. The molecule has 4 rings (SSSR count). The van der Waals surface area contributed by atoms with Gasteiger partial charge in [0.15, 0.2) is 0 Å². The van der Waals surface area contributed by atoms with Crippen molar-refractivity contribution in [2.45, 2.75) is 112 Å². The van der Waals surface area contributed by atoms with E-state index < -0.39 is 0 Å². The molecule has 0 bridgehead atoms. The average Bonchev–Trinajstić information content (AvgIpc) is 2.98. The Morgan fingerprint density at radius 1 is 0.852 bits per heavy atom. The molecule has 8 atom stereocenters. The lowest BCUT2D eigenvalue weighted by Gasteiger charge is -2.60. The lowest BCUT2D eigenvalue weighted by atomic mass is 9.44. The van der Waals surface area contributed by atoms with Gasteiger partial charge >= 0.3 is 0 Å². The molecule has 155 valence electrons. The van der Waals surface area contributed by atoms with Crippen LogP contribution in [0.4, 0.5) is 0 Å². The molecule has 4 fully saturated rings. The maximum atomic E-state index is 2.74. The number of hydrogen-bond acceptors (Lipinski definition) is 0. The summed E-state index contributed by atoms with van der Waals surface area (Å²) in [6.07, 6.45) is 20.6. The second-order valence-electron chi connectivity index (χ2n) is 12.3. The first-order chi connectivity index (χ1) is 12.9. The molecule has 0 aromatic carbocycles. The number of hydrogen-bond donors (Lipinski definition) is 0. The topological polar surface area (TPSA) is 0 Å². The summed E-state index contributed by atoms with van der Waals surface area (Å²) >= 11 is 0. The third-order valence-corrected chi connectivity index (χ3v) is 10.6. The van der Waals surface area contributed by atoms with E-state index in [-0.39, 0.29) is 0 Å². The fourth-order valence-corrected chi connectivity index (χ4v) is 9.07. The van der Waals surface area contributed by atoms with Crippen LogP contribution in [0.5, 0.6) is 0 Å². The first-order valence-electron chi connectivity index (χ1n) is 12.7. The van der Waals surface area contributed by atoms with Crippen LogP contribution in [0.25, 0.3) is 0 Å². The predicted molar refractivity (Wildman–Crippen MR) is 117 cm³/mol. The van der Waals surface area contributed by atoms with Crippen LogP contribution in [0.15, 0.2) is 0 Å². The van der Waals surface area contributed by atoms with Crippen LogP contribution in [0, 0.1) is 58.7 Å². The minimum Gasteiger partial charge on any atom is -0.0628 e. The van der Waals surface area contributed by atoms with E-state index in [4.69, 9.17) is 0 Å². The molecule has 0 aromatic heterocycles. The highest BCUT2D eigenvalue weighted by Crippen LogP contribution is 2.68. The van der Waals surface area contributed by atoms with E-state index in [2.05, 4.69) is 41.0 Å². The summed E-state index contributed by atoms with van der Waals surface area (Å²) in [6, 6.07) is 0. The zero-order valence-corrected chi connectivity index (χ0v) is 19.1. The second kappa shape index (κ2) is 7.68. The molecule has 1 radical (unpaired) electrons. The van der Waals surface area contributed by atoms with Crippen molar-refractivity contribution in [2.75, 3.05) is 0 Å². The zero-order chi connectivity index (χ0) is 19.2. The molecule has 3 unspecified atom stereocenters. The van der Waals surface area contributed by atoms with Gasteiger partial charge in [-0.15, -0.1) is 0 Å². The number of fused-ring (bicyclic) bond motifs is 5. The highest BCUT2D eigenvalue weighted by Gasteiger charge is 2.59. The van der Waals surface area contributed by atoms with E-state index in [1.54, 1.807) is 32.1 Å². The van der Waals surface area contributed by atoms with Crippen LogP contribution in [0.3, 0.4) is 0 Å². The largest absolute Gasteiger partial charge is 0.0628 e. The SMILES string of the molecule is CC(C)CCC[C@@H](C)[C@H]1CCC2C3CC[C@H]4C[CH]CC[C@]4(C)C3CC[C@@]21C. The van der Waals surface area contributed by atoms with Gasteiger partial charge in [0, 0.05) is 0 Å². The summed E-state index contributed by atoms with van der Waals surface area (Å²) in [6.45, 7) is 12.8.